The highest BCUT2D eigenvalue weighted by Crippen LogP contribution is 2.27. The van der Waals surface area contributed by atoms with Gasteiger partial charge in [-0.3, -0.25) is 4.98 Å². The maximum absolute atomic E-state index is 11.0. The largest absolute Gasteiger partial charge is 0.495 e. The molecule has 0 aliphatic carbocycles. The molecule has 11 heteroatoms. The predicted octanol–water partition coefficient (Wildman–Crippen LogP) is 1.21. The van der Waals surface area contributed by atoms with Crippen LogP contribution in [0.5, 0.6) is 5.75 Å². The summed E-state index contributed by atoms with van der Waals surface area (Å²) in [6.07, 6.45) is 6.91. The molecule has 0 aliphatic heterocycles. The van der Waals surface area contributed by atoms with Gasteiger partial charge in [0.05, 0.1) is 31.5 Å². The van der Waals surface area contributed by atoms with Crippen molar-refractivity contribution >= 4 is 31.5 Å². The molecular weight excluding hydrogens is 364 g/mol. The second-order valence-electron chi connectivity index (χ2n) is 5.31. The van der Waals surface area contributed by atoms with Gasteiger partial charge in [-0.05, 0) is 12.5 Å². The summed E-state index contributed by atoms with van der Waals surface area (Å²) in [5.74, 6) is 0.666. The van der Waals surface area contributed by atoms with Gasteiger partial charge in [-0.15, -0.1) is 5.10 Å². The summed E-state index contributed by atoms with van der Waals surface area (Å²) in [4.78, 5) is 9.28. The second kappa shape index (κ2) is 7.33. The quantitative estimate of drug-likeness (QED) is 0.563. The zero-order valence-electron chi connectivity index (χ0n) is 13.8. The van der Waals surface area contributed by atoms with Crippen LogP contribution in [0.15, 0.2) is 24.7 Å². The third-order valence-corrected chi connectivity index (χ3v) is 4.93. The van der Waals surface area contributed by atoms with Gasteiger partial charge in [0.1, 0.15) is 5.75 Å². The van der Waals surface area contributed by atoms with Crippen LogP contribution in [0.4, 0.5) is 5.13 Å². The standard InChI is InChI=1S/C14H18N6O3S2/c1-23-11-6-10(7-15-8-11)12-9-17-14-20(12)19-13(24-14)16-4-3-5-18-25(2,21)22/h6-9,18H,3-5H2,1-2H3,(H,16,19). The fourth-order valence-corrected chi connectivity index (χ4v) is 3.49. The number of rotatable bonds is 8. The number of imidazole rings is 1. The van der Waals surface area contributed by atoms with Gasteiger partial charge in [-0.2, -0.15) is 0 Å². The Labute approximate surface area is 149 Å². The Morgan fingerprint density at radius 1 is 1.28 bits per heavy atom. The van der Waals surface area contributed by atoms with E-state index in [2.05, 4.69) is 25.1 Å². The number of methoxy groups -OCH3 is 1. The summed E-state index contributed by atoms with van der Waals surface area (Å²) in [6, 6.07) is 1.87. The third kappa shape index (κ3) is 4.44. The van der Waals surface area contributed by atoms with E-state index < -0.39 is 10.0 Å². The van der Waals surface area contributed by atoms with Crippen LogP contribution in [0, 0.1) is 0 Å². The number of sulfonamides is 1. The number of ether oxygens (including phenoxy) is 1. The van der Waals surface area contributed by atoms with Crippen LogP contribution in [0.3, 0.4) is 0 Å². The van der Waals surface area contributed by atoms with Gasteiger partial charge in [0.2, 0.25) is 20.1 Å². The molecule has 134 valence electrons. The SMILES string of the molecule is COc1cncc(-c2cnc3sc(NCCCNS(C)(=O)=O)nn23)c1. The molecule has 0 saturated heterocycles. The molecule has 3 aromatic rings. The minimum Gasteiger partial charge on any atom is -0.495 e. The molecule has 0 atom stereocenters. The highest BCUT2D eigenvalue weighted by molar-refractivity contribution is 7.88. The molecule has 0 fully saturated rings. The maximum Gasteiger partial charge on any atom is 0.214 e. The zero-order chi connectivity index (χ0) is 17.9. The van der Waals surface area contributed by atoms with E-state index in [1.807, 2.05) is 6.07 Å². The molecule has 0 saturated carbocycles. The van der Waals surface area contributed by atoms with E-state index in [4.69, 9.17) is 4.74 Å². The van der Waals surface area contributed by atoms with Crippen LogP contribution in [-0.2, 0) is 10.0 Å². The molecule has 0 spiro atoms. The molecule has 3 heterocycles. The van der Waals surface area contributed by atoms with Gasteiger partial charge in [0.25, 0.3) is 0 Å². The lowest BCUT2D eigenvalue weighted by atomic mass is 10.2. The van der Waals surface area contributed by atoms with E-state index in [9.17, 15) is 8.42 Å². The van der Waals surface area contributed by atoms with Gasteiger partial charge in [0.15, 0.2) is 0 Å². The Morgan fingerprint density at radius 2 is 2.12 bits per heavy atom. The van der Waals surface area contributed by atoms with Crippen molar-refractivity contribution in [1.82, 2.24) is 24.3 Å². The average Bonchev–Trinajstić information content (AvgIpc) is 3.13. The van der Waals surface area contributed by atoms with Gasteiger partial charge in [-0.1, -0.05) is 11.3 Å². The topological polar surface area (TPSA) is 111 Å². The van der Waals surface area contributed by atoms with Crippen molar-refractivity contribution in [2.24, 2.45) is 0 Å². The van der Waals surface area contributed by atoms with Crippen LogP contribution in [0.25, 0.3) is 16.2 Å². The summed E-state index contributed by atoms with van der Waals surface area (Å²) in [5.41, 5.74) is 1.69. The molecule has 0 radical (unpaired) electrons. The first-order chi connectivity index (χ1) is 12.0. The van der Waals surface area contributed by atoms with Gasteiger partial charge < -0.3 is 10.1 Å². The smallest absolute Gasteiger partial charge is 0.214 e. The lowest BCUT2D eigenvalue weighted by molar-refractivity contribution is 0.413. The average molecular weight is 382 g/mol. The van der Waals surface area contributed by atoms with E-state index in [-0.39, 0.29) is 0 Å². The minimum absolute atomic E-state index is 0.384. The maximum atomic E-state index is 11.0. The molecule has 3 aromatic heterocycles. The van der Waals surface area contributed by atoms with Gasteiger partial charge >= 0.3 is 0 Å². The number of pyridine rings is 1. The predicted molar refractivity (Wildman–Crippen MR) is 96.6 cm³/mol. The molecule has 0 amide bonds. The normalized spacial score (nSPS) is 11.8. The van der Waals surface area contributed by atoms with Crippen molar-refractivity contribution in [3.8, 4) is 17.0 Å². The van der Waals surface area contributed by atoms with Crippen molar-refractivity contribution in [3.63, 3.8) is 0 Å². The molecule has 0 bridgehead atoms. The first-order valence-electron chi connectivity index (χ1n) is 7.49. The lowest BCUT2D eigenvalue weighted by Crippen LogP contribution is -2.24. The Hall–Kier alpha value is -2.24. The molecule has 0 aliphatic rings. The molecular formula is C14H18N6O3S2. The van der Waals surface area contributed by atoms with Crippen molar-refractivity contribution < 1.29 is 13.2 Å². The number of fused-ring (bicyclic) bond motifs is 1. The third-order valence-electron chi connectivity index (χ3n) is 3.32. The molecule has 9 nitrogen and oxygen atoms in total. The molecule has 3 rings (SSSR count). The van der Waals surface area contributed by atoms with Crippen molar-refractivity contribution in [2.45, 2.75) is 6.42 Å². The summed E-state index contributed by atoms with van der Waals surface area (Å²) in [6.45, 7) is 0.990. The number of anilines is 1. The number of nitrogens with one attached hydrogen (secondary N) is 2. The fraction of sp³-hybridized carbons (Fsp3) is 0.357. The van der Waals surface area contributed by atoms with Gasteiger partial charge in [-0.25, -0.2) is 22.6 Å². The van der Waals surface area contributed by atoms with E-state index in [1.54, 1.807) is 30.2 Å². The highest BCUT2D eigenvalue weighted by atomic mass is 32.2. The first-order valence-corrected chi connectivity index (χ1v) is 10.2. The molecule has 2 N–H and O–H groups in total. The second-order valence-corrected chi connectivity index (χ2v) is 8.09. The monoisotopic (exact) mass is 382 g/mol. The van der Waals surface area contributed by atoms with E-state index in [0.717, 1.165) is 27.6 Å². The van der Waals surface area contributed by atoms with E-state index in [0.29, 0.717) is 25.3 Å². The number of hydrogen-bond acceptors (Lipinski definition) is 8. The minimum atomic E-state index is -3.14. The fourth-order valence-electron chi connectivity index (χ4n) is 2.17. The Kier molecular flexibility index (Phi) is 5.16. The van der Waals surface area contributed by atoms with Crippen LogP contribution < -0.4 is 14.8 Å². The van der Waals surface area contributed by atoms with Crippen LogP contribution in [0.1, 0.15) is 6.42 Å². The Bertz CT molecular complexity index is 966. The van der Waals surface area contributed by atoms with E-state index in [1.165, 1.54) is 11.3 Å². The van der Waals surface area contributed by atoms with E-state index >= 15 is 0 Å². The lowest BCUT2D eigenvalue weighted by Gasteiger charge is -2.03. The molecule has 25 heavy (non-hydrogen) atoms. The molecule has 0 unspecified atom stereocenters. The summed E-state index contributed by atoms with van der Waals surface area (Å²) >= 11 is 1.43. The van der Waals surface area contributed by atoms with Crippen molar-refractivity contribution in [3.05, 3.63) is 24.7 Å². The van der Waals surface area contributed by atoms with Gasteiger partial charge in [0, 0.05) is 24.8 Å². The Morgan fingerprint density at radius 3 is 2.88 bits per heavy atom. The van der Waals surface area contributed by atoms with Crippen LogP contribution in [0.2, 0.25) is 0 Å². The van der Waals surface area contributed by atoms with Crippen LogP contribution >= 0.6 is 11.3 Å². The highest BCUT2D eigenvalue weighted by Gasteiger charge is 2.12. The first kappa shape index (κ1) is 17.6. The number of hydrogen-bond donors (Lipinski definition) is 2. The Balaban J connectivity index is 1.68. The summed E-state index contributed by atoms with van der Waals surface area (Å²) in [5, 5.41) is 8.41. The van der Waals surface area contributed by atoms with Crippen LogP contribution in [-0.4, -0.2) is 54.5 Å². The molecule has 0 aromatic carbocycles. The summed E-state index contributed by atoms with van der Waals surface area (Å²) < 4.78 is 31.4. The zero-order valence-corrected chi connectivity index (χ0v) is 15.4. The number of aromatic nitrogens is 4. The van der Waals surface area contributed by atoms with Crippen molar-refractivity contribution in [1.29, 1.82) is 0 Å². The summed E-state index contributed by atoms with van der Waals surface area (Å²) in [7, 11) is -1.55. The van der Waals surface area contributed by atoms with Crippen molar-refractivity contribution in [2.75, 3.05) is 31.8 Å². The number of nitrogens with zero attached hydrogens (tertiary/aromatic N) is 4.